The number of ketones is 1. The molecule has 1 unspecified atom stereocenters. The molecule has 6 heteroatoms. The molecule has 4 nitrogen and oxygen atoms in total. The van der Waals surface area contributed by atoms with Crippen LogP contribution in [-0.4, -0.2) is 21.8 Å². The van der Waals surface area contributed by atoms with E-state index < -0.39 is 11.9 Å². The smallest absolute Gasteiger partial charge is 0.304 e. The molecule has 0 aliphatic heterocycles. The number of halogens is 1. The highest BCUT2D eigenvalue weighted by molar-refractivity contribution is 7.11. The SMILES string of the molecule is CC(=O)c1ccccc1-c1cc(Cl)cc(C(CC(=O)O)c2ncc(C)s2)c1. The molecule has 27 heavy (non-hydrogen) atoms. The van der Waals surface area contributed by atoms with E-state index in [1.807, 2.05) is 31.2 Å². The molecule has 1 aromatic heterocycles. The van der Waals surface area contributed by atoms with Crippen LogP contribution < -0.4 is 0 Å². The summed E-state index contributed by atoms with van der Waals surface area (Å²) in [6.45, 7) is 3.46. The summed E-state index contributed by atoms with van der Waals surface area (Å²) in [4.78, 5) is 28.8. The van der Waals surface area contributed by atoms with Crippen molar-refractivity contribution in [1.82, 2.24) is 4.98 Å². The van der Waals surface area contributed by atoms with Crippen molar-refractivity contribution in [3.63, 3.8) is 0 Å². The quantitative estimate of drug-likeness (QED) is 0.549. The minimum absolute atomic E-state index is 0.0373. The number of hydrogen-bond donors (Lipinski definition) is 1. The van der Waals surface area contributed by atoms with Crippen LogP contribution in [-0.2, 0) is 4.79 Å². The molecule has 1 atom stereocenters. The van der Waals surface area contributed by atoms with Gasteiger partial charge in [0.2, 0.25) is 0 Å². The third-order valence-electron chi connectivity index (χ3n) is 4.26. The Bertz CT molecular complexity index is 1010. The number of carbonyl (C=O) groups excluding carboxylic acids is 1. The molecule has 0 aliphatic rings. The summed E-state index contributed by atoms with van der Waals surface area (Å²) in [5.74, 6) is -1.34. The van der Waals surface area contributed by atoms with E-state index in [-0.39, 0.29) is 12.2 Å². The standard InChI is InChI=1S/C21H18ClNO3S/c1-12-11-23-21(27-12)19(10-20(25)26)15-7-14(8-16(22)9-15)18-6-4-3-5-17(18)13(2)24/h3-9,11,19H,10H2,1-2H3,(H,25,26). The maximum Gasteiger partial charge on any atom is 0.304 e. The zero-order valence-electron chi connectivity index (χ0n) is 14.9. The molecule has 0 fully saturated rings. The summed E-state index contributed by atoms with van der Waals surface area (Å²) in [7, 11) is 0. The summed E-state index contributed by atoms with van der Waals surface area (Å²) in [6.07, 6.45) is 1.66. The molecule has 0 saturated carbocycles. The van der Waals surface area contributed by atoms with Crippen molar-refractivity contribution >= 4 is 34.7 Å². The number of aryl methyl sites for hydroxylation is 1. The number of carboxylic acid groups (broad SMARTS) is 1. The van der Waals surface area contributed by atoms with Crippen LogP contribution in [0.5, 0.6) is 0 Å². The number of carbonyl (C=O) groups is 2. The van der Waals surface area contributed by atoms with Crippen LogP contribution in [0.25, 0.3) is 11.1 Å². The Labute approximate surface area is 166 Å². The number of carboxylic acids is 1. The fraction of sp³-hybridized carbons (Fsp3) is 0.190. The summed E-state index contributed by atoms with van der Waals surface area (Å²) < 4.78 is 0. The van der Waals surface area contributed by atoms with Gasteiger partial charge in [-0.15, -0.1) is 11.3 Å². The number of aliphatic carboxylic acids is 1. The Morgan fingerprint density at radius 2 is 1.96 bits per heavy atom. The summed E-state index contributed by atoms with van der Waals surface area (Å²) in [6, 6.07) is 12.8. The lowest BCUT2D eigenvalue weighted by Gasteiger charge is -2.16. The van der Waals surface area contributed by atoms with Crippen molar-refractivity contribution in [3.8, 4) is 11.1 Å². The van der Waals surface area contributed by atoms with Crippen molar-refractivity contribution in [2.45, 2.75) is 26.2 Å². The minimum atomic E-state index is -0.904. The van der Waals surface area contributed by atoms with Gasteiger partial charge in [0.15, 0.2) is 5.78 Å². The first-order chi connectivity index (χ1) is 12.8. The first-order valence-electron chi connectivity index (χ1n) is 8.40. The number of aromatic nitrogens is 1. The summed E-state index contributed by atoms with van der Waals surface area (Å²) >= 11 is 7.83. The van der Waals surface area contributed by atoms with Gasteiger partial charge >= 0.3 is 5.97 Å². The molecule has 0 radical (unpaired) electrons. The minimum Gasteiger partial charge on any atom is -0.481 e. The first-order valence-corrected chi connectivity index (χ1v) is 9.59. The lowest BCUT2D eigenvalue weighted by Crippen LogP contribution is -2.08. The largest absolute Gasteiger partial charge is 0.481 e. The van der Waals surface area contributed by atoms with Gasteiger partial charge in [-0.3, -0.25) is 9.59 Å². The van der Waals surface area contributed by atoms with Gasteiger partial charge < -0.3 is 5.11 Å². The van der Waals surface area contributed by atoms with Gasteiger partial charge in [0.25, 0.3) is 0 Å². The second-order valence-corrected chi connectivity index (χ2v) is 8.04. The van der Waals surface area contributed by atoms with Gasteiger partial charge in [0.05, 0.1) is 6.42 Å². The summed E-state index contributed by atoms with van der Waals surface area (Å²) in [5, 5.41) is 10.6. The molecule has 0 spiro atoms. The van der Waals surface area contributed by atoms with E-state index in [0.29, 0.717) is 10.6 Å². The van der Waals surface area contributed by atoms with Crippen molar-refractivity contribution < 1.29 is 14.7 Å². The van der Waals surface area contributed by atoms with Crippen LogP contribution >= 0.6 is 22.9 Å². The van der Waals surface area contributed by atoms with Crippen molar-refractivity contribution in [1.29, 1.82) is 0 Å². The molecule has 0 amide bonds. The molecule has 2 aromatic carbocycles. The fourth-order valence-electron chi connectivity index (χ4n) is 3.07. The first kappa shape index (κ1) is 19.3. The van der Waals surface area contributed by atoms with Crippen LogP contribution in [0.3, 0.4) is 0 Å². The van der Waals surface area contributed by atoms with E-state index in [0.717, 1.165) is 26.6 Å². The Hall–Kier alpha value is -2.50. The average Bonchev–Trinajstić information content (AvgIpc) is 3.05. The van der Waals surface area contributed by atoms with E-state index in [1.165, 1.54) is 18.3 Å². The van der Waals surface area contributed by atoms with Gasteiger partial charge in [0, 0.05) is 27.6 Å². The molecule has 0 saturated heterocycles. The maximum absolute atomic E-state index is 12.0. The molecule has 1 N–H and O–H groups in total. The highest BCUT2D eigenvalue weighted by Gasteiger charge is 2.22. The Kier molecular flexibility index (Phi) is 5.73. The van der Waals surface area contributed by atoms with Gasteiger partial charge in [0.1, 0.15) is 5.01 Å². The fourth-order valence-corrected chi connectivity index (χ4v) is 4.21. The third-order valence-corrected chi connectivity index (χ3v) is 5.50. The number of rotatable bonds is 6. The van der Waals surface area contributed by atoms with E-state index in [2.05, 4.69) is 4.98 Å². The normalized spacial score (nSPS) is 12.0. The predicted molar refractivity (Wildman–Crippen MR) is 108 cm³/mol. The number of hydrogen-bond acceptors (Lipinski definition) is 4. The maximum atomic E-state index is 12.0. The van der Waals surface area contributed by atoms with Gasteiger partial charge in [-0.25, -0.2) is 4.98 Å². The van der Waals surface area contributed by atoms with Crippen LogP contribution in [0, 0.1) is 6.92 Å². The van der Waals surface area contributed by atoms with Gasteiger partial charge in [-0.1, -0.05) is 41.9 Å². The van der Waals surface area contributed by atoms with Gasteiger partial charge in [-0.2, -0.15) is 0 Å². The zero-order valence-corrected chi connectivity index (χ0v) is 16.5. The Morgan fingerprint density at radius 1 is 1.22 bits per heavy atom. The lowest BCUT2D eigenvalue weighted by molar-refractivity contribution is -0.137. The molecule has 0 bridgehead atoms. The lowest BCUT2D eigenvalue weighted by atomic mass is 9.91. The van der Waals surface area contributed by atoms with E-state index in [9.17, 15) is 14.7 Å². The number of nitrogens with zero attached hydrogens (tertiary/aromatic N) is 1. The van der Waals surface area contributed by atoms with Crippen LogP contribution in [0.1, 0.15) is 45.1 Å². The van der Waals surface area contributed by atoms with E-state index >= 15 is 0 Å². The highest BCUT2D eigenvalue weighted by Crippen LogP contribution is 2.36. The Balaban J connectivity index is 2.14. The highest BCUT2D eigenvalue weighted by atomic mass is 35.5. The zero-order chi connectivity index (χ0) is 19.6. The number of thiazole rings is 1. The molecule has 3 aromatic rings. The van der Waals surface area contributed by atoms with E-state index in [1.54, 1.807) is 24.4 Å². The third kappa shape index (κ3) is 4.43. The number of Topliss-reactive ketones (excluding diaryl/α,β-unsaturated/α-hetero) is 1. The molecule has 1 heterocycles. The van der Waals surface area contributed by atoms with Crippen LogP contribution in [0.4, 0.5) is 0 Å². The average molecular weight is 400 g/mol. The second kappa shape index (κ2) is 8.03. The molecular weight excluding hydrogens is 382 g/mol. The predicted octanol–water partition coefficient (Wildman–Crippen LogP) is 5.58. The van der Waals surface area contributed by atoms with Crippen LogP contribution in [0.2, 0.25) is 5.02 Å². The summed E-state index contributed by atoms with van der Waals surface area (Å²) in [5.41, 5.74) is 2.93. The topological polar surface area (TPSA) is 67.3 Å². The van der Waals surface area contributed by atoms with Crippen molar-refractivity contribution in [3.05, 3.63) is 74.7 Å². The molecular formula is C21H18ClNO3S. The number of benzene rings is 2. The monoisotopic (exact) mass is 399 g/mol. The Morgan fingerprint density at radius 3 is 2.59 bits per heavy atom. The van der Waals surface area contributed by atoms with Gasteiger partial charge in [-0.05, 0) is 42.7 Å². The molecule has 0 aliphatic carbocycles. The molecule has 138 valence electrons. The van der Waals surface area contributed by atoms with Crippen molar-refractivity contribution in [2.75, 3.05) is 0 Å². The van der Waals surface area contributed by atoms with E-state index in [4.69, 9.17) is 11.6 Å². The van der Waals surface area contributed by atoms with Crippen molar-refractivity contribution in [2.24, 2.45) is 0 Å². The second-order valence-electron chi connectivity index (χ2n) is 6.33. The van der Waals surface area contributed by atoms with Crippen LogP contribution in [0.15, 0.2) is 48.7 Å². The molecule has 3 rings (SSSR count).